The van der Waals surface area contributed by atoms with E-state index in [4.69, 9.17) is 0 Å². The normalized spacial score (nSPS) is 9.00. The minimum atomic E-state index is -0.540. The molecule has 4 heteroatoms. The number of rotatable bonds is 4. The summed E-state index contributed by atoms with van der Waals surface area (Å²) in [7, 11) is 0. The van der Waals surface area contributed by atoms with Crippen molar-refractivity contribution in [1.82, 2.24) is 0 Å². The number of hydrogen-bond acceptors (Lipinski definition) is 4. The fourth-order valence-electron chi connectivity index (χ4n) is 0.477. The second-order valence-corrected chi connectivity index (χ2v) is 1.88. The maximum Gasteiger partial charge on any atom is 0.324 e. The predicted molar refractivity (Wildman–Crippen MR) is 34.8 cm³/mol. The minimum absolute atomic E-state index is 0.0467. The Morgan fingerprint density at radius 1 is 1.40 bits per heavy atom. The Bertz CT molecular complexity index is 117. The first kappa shape index (κ1) is 9.10. The molecule has 0 rings (SSSR count). The molecule has 0 aliphatic rings. The second kappa shape index (κ2) is 4.93. The molecule has 0 heterocycles. The van der Waals surface area contributed by atoms with E-state index in [2.05, 4.69) is 10.7 Å². The lowest BCUT2D eigenvalue weighted by Gasteiger charge is -1.94. The molecule has 0 radical (unpaired) electrons. The fraction of sp³-hybridized carbons (Fsp3) is 0.667. The summed E-state index contributed by atoms with van der Waals surface area (Å²) in [5.41, 5.74) is 0. The van der Waals surface area contributed by atoms with Crippen LogP contribution in [0.4, 0.5) is 0 Å². The zero-order valence-electron chi connectivity index (χ0n) is 5.92. The molecule has 0 aromatic heterocycles. The molecule has 0 aromatic rings. The Balaban J connectivity index is 3.35. The zero-order chi connectivity index (χ0) is 7.98. The Morgan fingerprint density at radius 2 is 2.00 bits per heavy atom. The smallest absolute Gasteiger partial charge is 0.324 e. The van der Waals surface area contributed by atoms with Crippen LogP contribution in [-0.2, 0) is 14.4 Å². The Kier molecular flexibility index (Phi) is 4.49. The topological polar surface area (TPSA) is 69.4 Å². The maximum absolute atomic E-state index is 10.6. The summed E-state index contributed by atoms with van der Waals surface area (Å²) in [5, 5.41) is 0. The molecule has 0 saturated heterocycles. The van der Waals surface area contributed by atoms with Crippen molar-refractivity contribution < 1.29 is 14.4 Å². The van der Waals surface area contributed by atoms with E-state index in [1.54, 1.807) is 6.92 Å². The lowest BCUT2D eigenvalue weighted by atomic mass is 10.2. The van der Waals surface area contributed by atoms with E-state index < -0.39 is 5.97 Å². The molecular weight excluding hydrogens is 134 g/mol. The van der Waals surface area contributed by atoms with E-state index >= 15 is 0 Å². The number of nitrogens with two attached hydrogens (primary N) is 1. The van der Waals surface area contributed by atoms with E-state index in [-0.39, 0.29) is 18.6 Å². The van der Waals surface area contributed by atoms with Crippen molar-refractivity contribution in [2.45, 2.75) is 26.2 Å². The molecule has 0 saturated carbocycles. The van der Waals surface area contributed by atoms with Gasteiger partial charge in [0, 0.05) is 12.8 Å². The number of hydrogen-bond donors (Lipinski definition) is 1. The second-order valence-electron chi connectivity index (χ2n) is 1.88. The monoisotopic (exact) mass is 145 g/mol. The lowest BCUT2D eigenvalue weighted by molar-refractivity contribution is -0.145. The van der Waals surface area contributed by atoms with Gasteiger partial charge in [-0.3, -0.25) is 9.59 Å². The standard InChI is InChI=1S/C6H11NO3/c1-2-5(8)3-4-6(9)10-7/h2-4,7H2,1H3. The van der Waals surface area contributed by atoms with Crippen LogP contribution in [0.25, 0.3) is 0 Å². The average molecular weight is 145 g/mol. The van der Waals surface area contributed by atoms with Gasteiger partial charge in [-0.1, -0.05) is 6.92 Å². The summed E-state index contributed by atoms with van der Waals surface area (Å²) >= 11 is 0. The van der Waals surface area contributed by atoms with E-state index in [9.17, 15) is 9.59 Å². The molecule has 0 aliphatic heterocycles. The SMILES string of the molecule is CCC(=O)CCC(=O)ON. The summed E-state index contributed by atoms with van der Waals surface area (Å²) < 4.78 is 0. The molecule has 0 fully saturated rings. The first-order valence-electron chi connectivity index (χ1n) is 3.12. The number of carbonyl (C=O) groups is 2. The summed E-state index contributed by atoms with van der Waals surface area (Å²) in [4.78, 5) is 24.8. The average Bonchev–Trinajstić information content (AvgIpc) is 1.99. The highest BCUT2D eigenvalue weighted by atomic mass is 16.7. The molecule has 2 N–H and O–H groups in total. The van der Waals surface area contributed by atoms with Gasteiger partial charge >= 0.3 is 5.97 Å². The van der Waals surface area contributed by atoms with Crippen molar-refractivity contribution in [3.05, 3.63) is 0 Å². The van der Waals surface area contributed by atoms with Crippen LogP contribution in [0, 0.1) is 0 Å². The fourth-order valence-corrected chi connectivity index (χ4v) is 0.477. The van der Waals surface area contributed by atoms with Crippen molar-refractivity contribution in [2.75, 3.05) is 0 Å². The third-order valence-electron chi connectivity index (χ3n) is 1.13. The van der Waals surface area contributed by atoms with E-state index in [0.29, 0.717) is 6.42 Å². The molecule has 4 nitrogen and oxygen atoms in total. The highest BCUT2D eigenvalue weighted by molar-refractivity contribution is 5.82. The van der Waals surface area contributed by atoms with E-state index in [1.807, 2.05) is 0 Å². The van der Waals surface area contributed by atoms with Gasteiger partial charge < -0.3 is 4.84 Å². The van der Waals surface area contributed by atoms with Crippen LogP contribution in [0.15, 0.2) is 0 Å². The van der Waals surface area contributed by atoms with Crippen LogP contribution in [0.5, 0.6) is 0 Å². The predicted octanol–water partition coefficient (Wildman–Crippen LogP) is 0.163. The molecule has 58 valence electrons. The molecule has 0 aliphatic carbocycles. The molecule has 0 spiro atoms. The number of carbonyl (C=O) groups excluding carboxylic acids is 2. The third kappa shape index (κ3) is 4.03. The van der Waals surface area contributed by atoms with Gasteiger partial charge in [-0.15, -0.1) is 0 Å². The Morgan fingerprint density at radius 3 is 2.40 bits per heavy atom. The summed E-state index contributed by atoms with van der Waals surface area (Å²) in [5.74, 6) is 4.05. The van der Waals surface area contributed by atoms with Gasteiger partial charge in [-0.2, -0.15) is 5.90 Å². The number of ketones is 1. The van der Waals surface area contributed by atoms with Crippen LogP contribution in [0.2, 0.25) is 0 Å². The molecule has 0 amide bonds. The highest BCUT2D eigenvalue weighted by Crippen LogP contribution is 1.94. The Labute approximate surface area is 59.3 Å². The minimum Gasteiger partial charge on any atom is -0.373 e. The number of Topliss-reactive ketones (excluding diaryl/α,β-unsaturated/α-hetero) is 1. The van der Waals surface area contributed by atoms with Gasteiger partial charge in [-0.05, 0) is 0 Å². The third-order valence-corrected chi connectivity index (χ3v) is 1.13. The van der Waals surface area contributed by atoms with Gasteiger partial charge in [0.2, 0.25) is 0 Å². The first-order valence-corrected chi connectivity index (χ1v) is 3.12. The largest absolute Gasteiger partial charge is 0.373 e. The Hall–Kier alpha value is -0.900. The maximum atomic E-state index is 10.6. The van der Waals surface area contributed by atoms with Gasteiger partial charge in [-0.25, -0.2) is 0 Å². The lowest BCUT2D eigenvalue weighted by Crippen LogP contribution is -2.11. The molecule has 10 heavy (non-hydrogen) atoms. The van der Waals surface area contributed by atoms with Gasteiger partial charge in [0.25, 0.3) is 0 Å². The molecule has 0 bridgehead atoms. The summed E-state index contributed by atoms with van der Waals surface area (Å²) in [6, 6.07) is 0. The van der Waals surface area contributed by atoms with E-state index in [0.717, 1.165) is 0 Å². The van der Waals surface area contributed by atoms with E-state index in [1.165, 1.54) is 0 Å². The summed E-state index contributed by atoms with van der Waals surface area (Å²) in [6.07, 6.45) is 0.771. The van der Waals surface area contributed by atoms with Crippen molar-refractivity contribution >= 4 is 11.8 Å². The van der Waals surface area contributed by atoms with Crippen LogP contribution >= 0.6 is 0 Å². The van der Waals surface area contributed by atoms with Crippen molar-refractivity contribution in [2.24, 2.45) is 5.90 Å². The van der Waals surface area contributed by atoms with Crippen molar-refractivity contribution in [3.8, 4) is 0 Å². The van der Waals surface area contributed by atoms with Crippen LogP contribution in [0.1, 0.15) is 26.2 Å². The van der Waals surface area contributed by atoms with Crippen LogP contribution < -0.4 is 5.90 Å². The molecule has 0 unspecified atom stereocenters. The van der Waals surface area contributed by atoms with Gasteiger partial charge in [0.1, 0.15) is 5.78 Å². The zero-order valence-corrected chi connectivity index (χ0v) is 5.92. The van der Waals surface area contributed by atoms with Crippen molar-refractivity contribution in [3.63, 3.8) is 0 Å². The quantitative estimate of drug-likeness (QED) is 0.572. The molecule has 0 aromatic carbocycles. The molecule has 0 atom stereocenters. The van der Waals surface area contributed by atoms with Gasteiger partial charge in [0.05, 0.1) is 6.42 Å². The van der Waals surface area contributed by atoms with Crippen molar-refractivity contribution in [1.29, 1.82) is 0 Å². The summed E-state index contributed by atoms with van der Waals surface area (Å²) in [6.45, 7) is 1.75. The van der Waals surface area contributed by atoms with Gasteiger partial charge in [0.15, 0.2) is 0 Å². The van der Waals surface area contributed by atoms with Crippen LogP contribution in [0.3, 0.4) is 0 Å². The van der Waals surface area contributed by atoms with Crippen LogP contribution in [-0.4, -0.2) is 11.8 Å². The first-order chi connectivity index (χ1) is 4.70. The molecular formula is C6H11NO3. The highest BCUT2D eigenvalue weighted by Gasteiger charge is 2.04.